The molecule has 0 radical (unpaired) electrons. The van der Waals surface area contributed by atoms with Gasteiger partial charge < -0.3 is 5.11 Å². The van der Waals surface area contributed by atoms with E-state index in [1.165, 1.54) is 0 Å². The summed E-state index contributed by atoms with van der Waals surface area (Å²) >= 11 is 0. The van der Waals surface area contributed by atoms with E-state index in [1.807, 2.05) is 24.4 Å². The quantitative estimate of drug-likeness (QED) is 0.744. The van der Waals surface area contributed by atoms with E-state index >= 15 is 0 Å². The summed E-state index contributed by atoms with van der Waals surface area (Å²) in [6, 6.07) is 5.85. The lowest BCUT2D eigenvalue weighted by molar-refractivity contribution is 0.282. The second-order valence-corrected chi connectivity index (χ2v) is 4.46. The molecule has 2 rings (SSSR count). The largest absolute Gasteiger partial charge is 0.392 e. The zero-order chi connectivity index (χ0) is 10.9. The monoisotopic (exact) mass is 201 g/mol. The third kappa shape index (κ3) is 2.16. The fourth-order valence-corrected chi connectivity index (χ4v) is 1.52. The molecule has 0 bridgehead atoms. The van der Waals surface area contributed by atoms with Gasteiger partial charge in [0.25, 0.3) is 0 Å². The molecular formula is C13H15NO. The minimum Gasteiger partial charge on any atom is -0.392 e. The molecule has 1 aliphatic rings. The maximum atomic E-state index is 9.04. The van der Waals surface area contributed by atoms with E-state index in [0.717, 1.165) is 16.8 Å². The first-order valence-corrected chi connectivity index (χ1v) is 5.09. The van der Waals surface area contributed by atoms with Gasteiger partial charge in [-0.05, 0) is 17.2 Å². The Morgan fingerprint density at radius 3 is 2.87 bits per heavy atom. The predicted octanol–water partition coefficient (Wildman–Crippen LogP) is 2.93. The van der Waals surface area contributed by atoms with Crippen molar-refractivity contribution in [2.24, 2.45) is 10.4 Å². The lowest BCUT2D eigenvalue weighted by Crippen LogP contribution is -2.07. The summed E-state index contributed by atoms with van der Waals surface area (Å²) in [6.45, 7) is 4.30. The zero-order valence-corrected chi connectivity index (χ0v) is 9.07. The maximum Gasteiger partial charge on any atom is 0.0701 e. The zero-order valence-electron chi connectivity index (χ0n) is 9.07. The van der Waals surface area contributed by atoms with Gasteiger partial charge >= 0.3 is 0 Å². The summed E-state index contributed by atoms with van der Waals surface area (Å²) in [5, 5.41) is 9.04. The highest BCUT2D eigenvalue weighted by atomic mass is 16.3. The molecule has 1 aromatic carbocycles. The molecule has 0 spiro atoms. The molecule has 0 unspecified atom stereocenters. The minimum absolute atomic E-state index is 0.00159. The van der Waals surface area contributed by atoms with Crippen LogP contribution in [0.5, 0.6) is 0 Å². The highest BCUT2D eigenvalue weighted by Gasteiger charge is 2.13. The van der Waals surface area contributed by atoms with Gasteiger partial charge in [0.2, 0.25) is 0 Å². The van der Waals surface area contributed by atoms with E-state index in [2.05, 4.69) is 31.0 Å². The SMILES string of the molecule is CC1(C)C=Cc2ccc(CO)cc2N=C1. The van der Waals surface area contributed by atoms with E-state index in [1.54, 1.807) is 0 Å². The second kappa shape index (κ2) is 3.63. The molecule has 0 fully saturated rings. The standard InChI is InChI=1S/C13H15NO/c1-13(2)6-5-11-4-3-10(8-15)7-12(11)14-9-13/h3-7,9,15H,8H2,1-2H3. The van der Waals surface area contributed by atoms with Gasteiger partial charge in [-0.2, -0.15) is 0 Å². The summed E-state index contributed by atoms with van der Waals surface area (Å²) < 4.78 is 0. The number of aliphatic imine (C=N–C) groups is 1. The molecule has 0 saturated heterocycles. The van der Waals surface area contributed by atoms with Crippen LogP contribution in [-0.2, 0) is 6.61 Å². The average molecular weight is 201 g/mol. The van der Waals surface area contributed by atoms with Gasteiger partial charge in [0.15, 0.2) is 0 Å². The van der Waals surface area contributed by atoms with Crippen LogP contribution in [0.4, 0.5) is 5.69 Å². The highest BCUT2D eigenvalue weighted by Crippen LogP contribution is 2.28. The fraction of sp³-hybridized carbons (Fsp3) is 0.308. The number of hydrogen-bond acceptors (Lipinski definition) is 2. The van der Waals surface area contributed by atoms with Crippen LogP contribution in [0.15, 0.2) is 29.3 Å². The van der Waals surface area contributed by atoms with E-state index in [9.17, 15) is 0 Å². The molecule has 1 N–H and O–H groups in total. The number of nitrogens with zero attached hydrogens (tertiary/aromatic N) is 1. The van der Waals surface area contributed by atoms with Crippen molar-refractivity contribution in [2.45, 2.75) is 20.5 Å². The Labute approximate surface area is 90.0 Å². The van der Waals surface area contributed by atoms with Crippen LogP contribution in [0.2, 0.25) is 0 Å². The summed E-state index contributed by atoms with van der Waals surface area (Å²) in [4.78, 5) is 4.45. The van der Waals surface area contributed by atoms with E-state index in [0.29, 0.717) is 0 Å². The van der Waals surface area contributed by atoms with Gasteiger partial charge in [0, 0.05) is 11.6 Å². The van der Waals surface area contributed by atoms with Crippen molar-refractivity contribution < 1.29 is 5.11 Å². The van der Waals surface area contributed by atoms with Gasteiger partial charge in [-0.25, -0.2) is 0 Å². The molecule has 78 valence electrons. The maximum absolute atomic E-state index is 9.04. The van der Waals surface area contributed by atoms with Crippen molar-refractivity contribution in [3.05, 3.63) is 35.4 Å². The lowest BCUT2D eigenvalue weighted by Gasteiger charge is -2.10. The minimum atomic E-state index is -0.00159. The van der Waals surface area contributed by atoms with Crippen molar-refractivity contribution in [1.29, 1.82) is 0 Å². The predicted molar refractivity (Wildman–Crippen MR) is 63.3 cm³/mol. The van der Waals surface area contributed by atoms with Crippen molar-refractivity contribution in [3.8, 4) is 0 Å². The third-order valence-electron chi connectivity index (χ3n) is 2.51. The Morgan fingerprint density at radius 1 is 1.33 bits per heavy atom. The van der Waals surface area contributed by atoms with E-state index in [4.69, 9.17) is 5.11 Å². The van der Waals surface area contributed by atoms with Gasteiger partial charge in [0.1, 0.15) is 0 Å². The van der Waals surface area contributed by atoms with Crippen LogP contribution < -0.4 is 0 Å². The topological polar surface area (TPSA) is 32.6 Å². The van der Waals surface area contributed by atoms with E-state index in [-0.39, 0.29) is 12.0 Å². The molecule has 1 aromatic rings. The first kappa shape index (κ1) is 10.1. The van der Waals surface area contributed by atoms with Crippen molar-refractivity contribution in [3.63, 3.8) is 0 Å². The van der Waals surface area contributed by atoms with Gasteiger partial charge in [-0.1, -0.05) is 38.1 Å². The molecular weight excluding hydrogens is 186 g/mol. The molecule has 0 aliphatic carbocycles. The van der Waals surface area contributed by atoms with Crippen LogP contribution >= 0.6 is 0 Å². The number of aliphatic hydroxyl groups is 1. The van der Waals surface area contributed by atoms with Gasteiger partial charge in [-0.3, -0.25) is 4.99 Å². The van der Waals surface area contributed by atoms with Crippen molar-refractivity contribution >= 4 is 18.0 Å². The number of benzene rings is 1. The second-order valence-electron chi connectivity index (χ2n) is 4.46. The Morgan fingerprint density at radius 2 is 2.13 bits per heavy atom. The van der Waals surface area contributed by atoms with Crippen molar-refractivity contribution in [2.75, 3.05) is 0 Å². The molecule has 1 heterocycles. The Kier molecular flexibility index (Phi) is 2.45. The first-order chi connectivity index (χ1) is 7.11. The van der Waals surface area contributed by atoms with Crippen LogP contribution in [0, 0.1) is 5.41 Å². The number of hydrogen-bond donors (Lipinski definition) is 1. The fourth-order valence-electron chi connectivity index (χ4n) is 1.52. The lowest BCUT2D eigenvalue weighted by atomic mass is 9.95. The van der Waals surface area contributed by atoms with Gasteiger partial charge in [0.05, 0.1) is 12.3 Å². The number of rotatable bonds is 1. The molecule has 0 atom stereocenters. The molecule has 1 aliphatic heterocycles. The number of allylic oxidation sites excluding steroid dienone is 1. The highest BCUT2D eigenvalue weighted by molar-refractivity contribution is 5.80. The summed E-state index contributed by atoms with van der Waals surface area (Å²) in [5.41, 5.74) is 2.94. The van der Waals surface area contributed by atoms with Crippen LogP contribution in [0.25, 0.3) is 6.08 Å². The molecule has 0 aromatic heterocycles. The average Bonchev–Trinajstić information content (AvgIpc) is 2.38. The van der Waals surface area contributed by atoms with Crippen LogP contribution in [0.3, 0.4) is 0 Å². The number of fused-ring (bicyclic) bond motifs is 1. The molecule has 2 heteroatoms. The summed E-state index contributed by atoms with van der Waals surface area (Å²) in [5.74, 6) is 0. The Balaban J connectivity index is 2.49. The smallest absolute Gasteiger partial charge is 0.0701 e. The van der Waals surface area contributed by atoms with Crippen LogP contribution in [0.1, 0.15) is 25.0 Å². The Hall–Kier alpha value is -1.41. The summed E-state index contributed by atoms with van der Waals surface area (Å²) in [7, 11) is 0. The van der Waals surface area contributed by atoms with Gasteiger partial charge in [-0.15, -0.1) is 0 Å². The van der Waals surface area contributed by atoms with Crippen LogP contribution in [-0.4, -0.2) is 11.3 Å². The Bertz CT molecular complexity index is 430. The van der Waals surface area contributed by atoms with Crippen molar-refractivity contribution in [1.82, 2.24) is 0 Å². The third-order valence-corrected chi connectivity index (χ3v) is 2.51. The molecule has 0 saturated carbocycles. The molecule has 2 nitrogen and oxygen atoms in total. The molecule has 0 amide bonds. The normalized spacial score (nSPS) is 17.3. The first-order valence-electron chi connectivity index (χ1n) is 5.09. The summed E-state index contributed by atoms with van der Waals surface area (Å²) in [6.07, 6.45) is 6.17. The number of aliphatic hydroxyl groups excluding tert-OH is 1. The van der Waals surface area contributed by atoms with E-state index < -0.39 is 0 Å². The molecule has 15 heavy (non-hydrogen) atoms.